The Bertz CT molecular complexity index is 1640. The van der Waals surface area contributed by atoms with Crippen LogP contribution in [0.4, 0.5) is 5.95 Å². The number of aliphatic imine (C=N–C) groups is 2. The molecule has 13 nitrogen and oxygen atoms in total. The maximum atomic E-state index is 6.77. The molecule has 0 bridgehead atoms. The van der Waals surface area contributed by atoms with Crippen LogP contribution in [0.2, 0.25) is 15.9 Å². The molecule has 0 fully saturated rings. The van der Waals surface area contributed by atoms with Gasteiger partial charge in [0.25, 0.3) is 0 Å². The molecule has 2 heterocycles. The van der Waals surface area contributed by atoms with Crippen molar-refractivity contribution in [3.63, 3.8) is 0 Å². The first-order chi connectivity index (χ1) is 28.8. The van der Waals surface area contributed by atoms with Gasteiger partial charge >= 0.3 is 0 Å². The second kappa shape index (κ2) is 27.4. The van der Waals surface area contributed by atoms with E-state index in [9.17, 15) is 0 Å². The van der Waals surface area contributed by atoms with Crippen molar-refractivity contribution in [1.29, 1.82) is 0 Å². The van der Waals surface area contributed by atoms with E-state index >= 15 is 0 Å². The maximum absolute atomic E-state index is 6.77. The van der Waals surface area contributed by atoms with Crippen molar-refractivity contribution in [2.75, 3.05) is 31.1 Å². The smallest absolute Gasteiger partial charge is 0.243 e. The predicted octanol–water partition coefficient (Wildman–Crippen LogP) is 12.0. The summed E-state index contributed by atoms with van der Waals surface area (Å²) in [5.74, 6) is 2.02. The third kappa shape index (κ3) is 16.2. The van der Waals surface area contributed by atoms with Gasteiger partial charge in [0, 0.05) is 37.3 Å². The van der Waals surface area contributed by atoms with Crippen molar-refractivity contribution in [1.82, 2.24) is 44.7 Å². The Labute approximate surface area is 393 Å². The van der Waals surface area contributed by atoms with E-state index in [0.717, 1.165) is 109 Å². The van der Waals surface area contributed by atoms with Crippen LogP contribution in [0, 0.1) is 0 Å². The maximum Gasteiger partial charge on any atom is 0.243 e. The fraction of sp³-hybridized carbons (Fsp3) is 0.791. The Morgan fingerprint density at radius 3 is 1.33 bits per heavy atom. The molecule has 0 spiro atoms. The Hall–Kier alpha value is -2.00. The molecule has 0 atom stereocenters. The van der Waals surface area contributed by atoms with Crippen LogP contribution in [0.3, 0.4) is 0 Å². The minimum Gasteiger partial charge on any atom is -0.338 e. The number of rotatable bonds is 28. The Kier molecular flexibility index (Phi) is 24.7. The van der Waals surface area contributed by atoms with Crippen molar-refractivity contribution in [3.05, 3.63) is 27.5 Å². The second-order valence-corrected chi connectivity index (χ2v) is 18.4. The van der Waals surface area contributed by atoms with E-state index < -0.39 is 5.54 Å². The lowest BCUT2D eigenvalue weighted by atomic mass is 9.87. The first-order valence-corrected chi connectivity index (χ1v) is 24.3. The number of amidine groups is 2. The van der Waals surface area contributed by atoms with Crippen molar-refractivity contribution in [3.8, 4) is 0 Å². The zero-order chi connectivity index (χ0) is 45.9. The van der Waals surface area contributed by atoms with Gasteiger partial charge in [-0.3, -0.25) is 14.8 Å². The molecular weight excluding hydrogens is 876 g/mol. The molecule has 0 aliphatic rings. The van der Waals surface area contributed by atoms with E-state index in [1.807, 2.05) is 5.01 Å². The van der Waals surface area contributed by atoms with Crippen molar-refractivity contribution in [2.45, 2.75) is 195 Å². The fourth-order valence-electron chi connectivity index (χ4n) is 8.42. The molecule has 18 heteroatoms. The quantitative estimate of drug-likeness (QED) is 0.0267. The molecule has 0 saturated heterocycles. The molecule has 2 aromatic rings. The van der Waals surface area contributed by atoms with Crippen LogP contribution in [0.1, 0.15) is 172 Å². The lowest BCUT2D eigenvalue weighted by molar-refractivity contribution is 0.0347. The average molecular weight is 950 g/mol. The molecule has 0 aromatic carbocycles. The van der Waals surface area contributed by atoms with Crippen LogP contribution in [0.25, 0.3) is 0 Å². The predicted molar refractivity (Wildman–Crippen MR) is 260 cm³/mol. The highest BCUT2D eigenvalue weighted by atomic mass is 35.5. The van der Waals surface area contributed by atoms with Gasteiger partial charge in [-0.2, -0.15) is 19.9 Å². The number of hydrazone groups is 1. The molecule has 61 heavy (non-hydrogen) atoms. The molecule has 0 N–H and O–H groups in total. The number of aromatic nitrogens is 6. The van der Waals surface area contributed by atoms with Gasteiger partial charge in [0.1, 0.15) is 0 Å². The van der Waals surface area contributed by atoms with Crippen molar-refractivity contribution in [2.24, 2.45) is 15.1 Å². The average Bonchev–Trinajstić information content (AvgIpc) is 3.19. The molecular formula is C43H74Cl5N13. The normalized spacial score (nSPS) is 13.2. The summed E-state index contributed by atoms with van der Waals surface area (Å²) in [4.78, 5) is 42.7. The molecule has 2 rings (SSSR count). The Morgan fingerprint density at radius 2 is 0.934 bits per heavy atom. The number of anilines is 1. The largest absolute Gasteiger partial charge is 0.338 e. The Balaban J connectivity index is 2.15. The summed E-state index contributed by atoms with van der Waals surface area (Å²) in [5, 5.41) is 6.84. The molecule has 346 valence electrons. The number of hydrogen-bond donors (Lipinski definition) is 0. The van der Waals surface area contributed by atoms with Gasteiger partial charge in [-0.05, 0) is 185 Å². The summed E-state index contributed by atoms with van der Waals surface area (Å²) in [5.41, 5.74) is -0.782. The number of nitrogens with zero attached hydrogens (tertiary/aromatic N) is 13. The summed E-state index contributed by atoms with van der Waals surface area (Å²) in [6.07, 6.45) is 11.7. The molecule has 0 radical (unpaired) electrons. The zero-order valence-electron chi connectivity index (χ0n) is 39.0. The second-order valence-electron chi connectivity index (χ2n) is 16.8. The van der Waals surface area contributed by atoms with Gasteiger partial charge in [-0.25, -0.2) is 19.9 Å². The van der Waals surface area contributed by atoms with Crippen LogP contribution < -0.4 is 4.90 Å². The third-order valence-electron chi connectivity index (χ3n) is 11.8. The van der Waals surface area contributed by atoms with Gasteiger partial charge in [0.2, 0.25) is 32.4 Å². The molecule has 0 saturated carbocycles. The highest BCUT2D eigenvalue weighted by Crippen LogP contribution is 2.38. The van der Waals surface area contributed by atoms with E-state index in [4.69, 9.17) is 73.0 Å². The van der Waals surface area contributed by atoms with Crippen LogP contribution >= 0.6 is 58.0 Å². The van der Waals surface area contributed by atoms with Crippen molar-refractivity contribution >= 4 is 81.3 Å². The van der Waals surface area contributed by atoms with Crippen LogP contribution in [-0.4, -0.2) is 112 Å². The minimum atomic E-state index is -0.396. The number of halogens is 5. The lowest BCUT2D eigenvalue weighted by Gasteiger charge is -2.45. The molecule has 0 amide bonds. The SMILES string of the molecule is C=NC(Cl)=N/C(Cl)=N\N(CCCCCCN(C(C)C)C(CC)(CC)c1nc(Cl)nc(N(CCCCCCN(C(C)C)C(CC)(CC)c2nc(Cl)nc(Cl)n2)C(C)C)n1)C(C)C. The van der Waals surface area contributed by atoms with E-state index in [0.29, 0.717) is 11.8 Å². The summed E-state index contributed by atoms with van der Waals surface area (Å²) >= 11 is 31.3. The van der Waals surface area contributed by atoms with Crippen LogP contribution in [0.15, 0.2) is 15.1 Å². The topological polar surface area (TPSA) is 127 Å². The number of hydrogen-bond acceptors (Lipinski definition) is 11. The van der Waals surface area contributed by atoms with E-state index in [2.05, 4.69) is 135 Å². The van der Waals surface area contributed by atoms with E-state index in [1.54, 1.807) is 0 Å². The molecule has 0 aliphatic heterocycles. The molecule has 0 unspecified atom stereocenters. The summed E-state index contributed by atoms with van der Waals surface area (Å²) in [6, 6.07) is 0.881. The van der Waals surface area contributed by atoms with Gasteiger partial charge < -0.3 is 4.90 Å². The molecule has 0 aliphatic carbocycles. The van der Waals surface area contributed by atoms with Gasteiger partial charge in [0.15, 0.2) is 11.6 Å². The summed E-state index contributed by atoms with van der Waals surface area (Å²) in [7, 11) is 0. The van der Waals surface area contributed by atoms with Gasteiger partial charge in [-0.1, -0.05) is 53.4 Å². The number of unbranched alkanes of at least 4 members (excludes halogenated alkanes) is 6. The first-order valence-electron chi connectivity index (χ1n) is 22.4. The fourth-order valence-corrected chi connectivity index (χ4v) is 9.24. The summed E-state index contributed by atoms with van der Waals surface area (Å²) in [6.45, 7) is 33.0. The standard InChI is InChI=1S/C43H74Cl5N13/c1-14-42(15-2,34-50-37(45)55-38(46)51-34)59(31(7)8)27-23-19-18-22-26-58(30(5)6)41-53-35(52-39(47)56-41)43(16-3,17-4)60(32(9)10)28-24-20-21-25-29-61(33(11)12)57-40(48)54-36(44)49-13/h30-33H,13-29H2,1-12H3/b54-36?,57-40-. The van der Waals surface area contributed by atoms with Gasteiger partial charge in [-0.15, -0.1) is 5.10 Å². The highest BCUT2D eigenvalue weighted by Gasteiger charge is 2.41. The van der Waals surface area contributed by atoms with E-state index in [-0.39, 0.29) is 56.1 Å². The van der Waals surface area contributed by atoms with Gasteiger partial charge in [0.05, 0.1) is 11.1 Å². The third-order valence-corrected chi connectivity index (χ3v) is 12.7. The van der Waals surface area contributed by atoms with Crippen LogP contribution in [-0.2, 0) is 11.1 Å². The minimum absolute atomic E-state index is 0.0362. The van der Waals surface area contributed by atoms with Crippen molar-refractivity contribution < 1.29 is 0 Å². The van der Waals surface area contributed by atoms with E-state index in [1.165, 1.54) is 0 Å². The Morgan fingerprint density at radius 1 is 0.525 bits per heavy atom. The highest BCUT2D eigenvalue weighted by molar-refractivity contribution is 6.71. The molecule has 2 aromatic heterocycles. The summed E-state index contributed by atoms with van der Waals surface area (Å²) < 4.78 is 0. The lowest BCUT2D eigenvalue weighted by Crippen LogP contribution is -2.51. The first kappa shape index (κ1) is 55.1. The zero-order valence-corrected chi connectivity index (χ0v) is 42.8. The monoisotopic (exact) mass is 947 g/mol. The van der Waals surface area contributed by atoms with Crippen LogP contribution in [0.5, 0.6) is 0 Å².